The van der Waals surface area contributed by atoms with Gasteiger partial charge in [0.05, 0.1) is 12.0 Å². The van der Waals surface area contributed by atoms with Gasteiger partial charge in [0.1, 0.15) is 11.9 Å². The molecule has 0 aliphatic heterocycles. The van der Waals surface area contributed by atoms with Gasteiger partial charge in [0.15, 0.2) is 5.83 Å². The molecular weight excluding hydrogens is 174 g/mol. The van der Waals surface area contributed by atoms with E-state index in [4.69, 9.17) is 5.26 Å². The van der Waals surface area contributed by atoms with Crippen LogP contribution in [0.25, 0.3) is 0 Å². The molecule has 64 valence electrons. The van der Waals surface area contributed by atoms with E-state index in [2.05, 4.69) is 0 Å². The molecule has 1 aliphatic carbocycles. The van der Waals surface area contributed by atoms with Gasteiger partial charge in [0.25, 0.3) is 5.92 Å². The summed E-state index contributed by atoms with van der Waals surface area (Å²) < 4.78 is 49.6. The highest BCUT2D eigenvalue weighted by Gasteiger charge is 2.35. The Morgan fingerprint density at radius 1 is 1.42 bits per heavy atom. The molecule has 0 unspecified atom stereocenters. The van der Waals surface area contributed by atoms with Crippen LogP contribution in [0.1, 0.15) is 6.42 Å². The molecule has 0 heterocycles. The molecule has 1 rings (SSSR count). The van der Waals surface area contributed by atoms with Gasteiger partial charge in [0.2, 0.25) is 0 Å². The number of nitriles is 1. The van der Waals surface area contributed by atoms with Crippen LogP contribution in [-0.2, 0) is 0 Å². The van der Waals surface area contributed by atoms with Crippen LogP contribution in [0, 0.1) is 11.3 Å². The Morgan fingerprint density at radius 3 is 2.50 bits per heavy atom. The van der Waals surface area contributed by atoms with Gasteiger partial charge in [-0.05, 0) is 0 Å². The number of alkyl halides is 2. The Balaban J connectivity index is 3.13. The van der Waals surface area contributed by atoms with Crippen LogP contribution < -0.4 is 0 Å². The summed E-state index contributed by atoms with van der Waals surface area (Å²) in [5, 5.41) is 8.12. The summed E-state index contributed by atoms with van der Waals surface area (Å²) >= 11 is 0. The van der Waals surface area contributed by atoms with E-state index in [1.54, 1.807) is 0 Å². The van der Waals surface area contributed by atoms with Gasteiger partial charge < -0.3 is 0 Å². The van der Waals surface area contributed by atoms with Crippen molar-refractivity contribution in [1.82, 2.24) is 0 Å². The molecule has 0 aromatic carbocycles. The van der Waals surface area contributed by atoms with E-state index in [-0.39, 0.29) is 6.08 Å². The van der Waals surface area contributed by atoms with Crippen molar-refractivity contribution in [3.63, 3.8) is 0 Å². The second-order valence-electron chi connectivity index (χ2n) is 2.33. The van der Waals surface area contributed by atoms with Crippen molar-refractivity contribution in [3.8, 4) is 6.07 Å². The van der Waals surface area contributed by atoms with Gasteiger partial charge in [-0.25, -0.2) is 17.6 Å². The van der Waals surface area contributed by atoms with E-state index >= 15 is 0 Å². The van der Waals surface area contributed by atoms with Crippen molar-refractivity contribution >= 4 is 0 Å². The van der Waals surface area contributed by atoms with Gasteiger partial charge in [-0.15, -0.1) is 0 Å². The third-order valence-corrected chi connectivity index (χ3v) is 1.34. The van der Waals surface area contributed by atoms with Gasteiger partial charge in [-0.3, -0.25) is 0 Å². The third-order valence-electron chi connectivity index (χ3n) is 1.34. The molecule has 0 aromatic rings. The Hall–Kier alpha value is -1.31. The van der Waals surface area contributed by atoms with Crippen LogP contribution >= 0.6 is 0 Å². The number of allylic oxidation sites excluding steroid dienone is 4. The van der Waals surface area contributed by atoms with E-state index < -0.39 is 29.6 Å². The van der Waals surface area contributed by atoms with Crippen LogP contribution in [-0.4, -0.2) is 5.92 Å². The Bertz CT molecular complexity index is 308. The fraction of sp³-hybridized carbons (Fsp3) is 0.286. The lowest BCUT2D eigenvalue weighted by Gasteiger charge is -2.15. The van der Waals surface area contributed by atoms with Gasteiger partial charge >= 0.3 is 0 Å². The number of halogens is 4. The molecule has 1 aliphatic rings. The van der Waals surface area contributed by atoms with Crippen LogP contribution in [0.5, 0.6) is 0 Å². The number of rotatable bonds is 0. The van der Waals surface area contributed by atoms with Crippen LogP contribution in [0.4, 0.5) is 17.6 Å². The maximum atomic E-state index is 12.5. The van der Waals surface area contributed by atoms with Crippen molar-refractivity contribution < 1.29 is 17.6 Å². The maximum Gasteiger partial charge on any atom is 0.274 e. The molecule has 5 heteroatoms. The molecule has 0 atom stereocenters. The molecule has 0 saturated heterocycles. The summed E-state index contributed by atoms with van der Waals surface area (Å²) in [7, 11) is 0. The first kappa shape index (κ1) is 8.78. The predicted octanol–water partition coefficient (Wildman–Crippen LogP) is 2.63. The second-order valence-corrected chi connectivity index (χ2v) is 2.33. The predicted molar refractivity (Wildman–Crippen MR) is 32.5 cm³/mol. The zero-order chi connectivity index (χ0) is 9.35. The molecule has 0 saturated carbocycles. The lowest BCUT2D eigenvalue weighted by Crippen LogP contribution is -2.17. The number of hydrogen-bond acceptors (Lipinski definition) is 1. The Morgan fingerprint density at radius 2 is 2.00 bits per heavy atom. The van der Waals surface area contributed by atoms with Crippen molar-refractivity contribution in [2.75, 3.05) is 0 Å². The number of hydrogen-bond donors (Lipinski definition) is 0. The first-order valence-corrected chi connectivity index (χ1v) is 3.01. The van der Waals surface area contributed by atoms with Crippen molar-refractivity contribution in [2.24, 2.45) is 0 Å². The summed E-state index contributed by atoms with van der Waals surface area (Å²) in [5.74, 6) is -6.51. The zero-order valence-electron chi connectivity index (χ0n) is 5.74. The standard InChI is InChI=1S/C7H3F4N/c8-5-2-7(10,11)1-4(3-12)6(5)9/h1H,2H2. The monoisotopic (exact) mass is 177 g/mol. The first-order chi connectivity index (χ1) is 5.46. The summed E-state index contributed by atoms with van der Waals surface area (Å²) in [6, 6.07) is 1.15. The van der Waals surface area contributed by atoms with Gasteiger partial charge in [0, 0.05) is 6.08 Å². The largest absolute Gasteiger partial charge is 0.274 e. The van der Waals surface area contributed by atoms with Gasteiger partial charge in [-0.1, -0.05) is 0 Å². The Kier molecular flexibility index (Phi) is 1.92. The summed E-state index contributed by atoms with van der Waals surface area (Å²) in [4.78, 5) is 0. The van der Waals surface area contributed by atoms with Crippen molar-refractivity contribution in [3.05, 3.63) is 23.3 Å². The molecule has 0 fully saturated rings. The minimum Gasteiger partial charge on any atom is -0.208 e. The first-order valence-electron chi connectivity index (χ1n) is 3.01. The molecule has 0 amide bonds. The van der Waals surface area contributed by atoms with E-state index in [0.717, 1.165) is 6.07 Å². The minimum absolute atomic E-state index is 0.130. The summed E-state index contributed by atoms with van der Waals surface area (Å²) in [6.07, 6.45) is -1.17. The summed E-state index contributed by atoms with van der Waals surface area (Å²) in [6.45, 7) is 0. The highest BCUT2D eigenvalue weighted by molar-refractivity contribution is 5.43. The van der Waals surface area contributed by atoms with Crippen LogP contribution in [0.2, 0.25) is 0 Å². The topological polar surface area (TPSA) is 23.8 Å². The van der Waals surface area contributed by atoms with Crippen LogP contribution in [0.15, 0.2) is 23.3 Å². The smallest absolute Gasteiger partial charge is 0.208 e. The quantitative estimate of drug-likeness (QED) is 0.521. The molecule has 12 heavy (non-hydrogen) atoms. The van der Waals surface area contributed by atoms with Gasteiger partial charge in [-0.2, -0.15) is 5.26 Å². The van der Waals surface area contributed by atoms with Crippen molar-refractivity contribution in [1.29, 1.82) is 5.26 Å². The average molecular weight is 177 g/mol. The highest BCUT2D eigenvalue weighted by atomic mass is 19.3. The average Bonchev–Trinajstić information content (AvgIpc) is 1.96. The molecule has 0 bridgehead atoms. The lowest BCUT2D eigenvalue weighted by molar-refractivity contribution is 0.0456. The normalized spacial score (nSPS) is 21.8. The highest BCUT2D eigenvalue weighted by Crippen LogP contribution is 2.36. The SMILES string of the molecule is N#CC1=CC(F)(F)CC(F)=C1F. The molecule has 0 radical (unpaired) electrons. The van der Waals surface area contributed by atoms with E-state index in [1.165, 1.54) is 0 Å². The minimum atomic E-state index is -3.45. The molecule has 0 N–H and O–H groups in total. The maximum absolute atomic E-state index is 12.5. The lowest BCUT2D eigenvalue weighted by atomic mass is 10.0. The molecular formula is C7H3F4N. The second kappa shape index (κ2) is 2.63. The van der Waals surface area contributed by atoms with Crippen molar-refractivity contribution in [2.45, 2.75) is 12.3 Å². The van der Waals surface area contributed by atoms with Crippen LogP contribution in [0.3, 0.4) is 0 Å². The molecule has 1 nitrogen and oxygen atoms in total. The van der Waals surface area contributed by atoms with E-state index in [9.17, 15) is 17.6 Å². The fourth-order valence-electron chi connectivity index (χ4n) is 0.838. The summed E-state index contributed by atoms with van der Waals surface area (Å²) in [5.41, 5.74) is -0.941. The fourth-order valence-corrected chi connectivity index (χ4v) is 0.838. The molecule has 0 spiro atoms. The number of nitrogens with zero attached hydrogens (tertiary/aromatic N) is 1. The van der Waals surface area contributed by atoms with E-state index in [1.807, 2.05) is 0 Å². The zero-order valence-corrected chi connectivity index (χ0v) is 5.74. The molecule has 0 aromatic heterocycles. The Labute approximate surface area is 65.6 Å². The third kappa shape index (κ3) is 1.47. The van der Waals surface area contributed by atoms with E-state index in [0.29, 0.717) is 0 Å².